The number of amides is 1. The molecule has 1 unspecified atom stereocenters. The molecule has 1 fully saturated rings. The van der Waals surface area contributed by atoms with Gasteiger partial charge in [0.25, 0.3) is 5.56 Å². The van der Waals surface area contributed by atoms with E-state index in [0.717, 1.165) is 31.6 Å². The van der Waals surface area contributed by atoms with Crippen LogP contribution in [0.3, 0.4) is 0 Å². The second kappa shape index (κ2) is 6.22. The quantitative estimate of drug-likeness (QED) is 0.909. The van der Waals surface area contributed by atoms with E-state index in [9.17, 15) is 9.59 Å². The number of hydrogen-bond acceptors (Lipinski definition) is 2. The van der Waals surface area contributed by atoms with Gasteiger partial charge < -0.3 is 10.00 Å². The summed E-state index contributed by atoms with van der Waals surface area (Å²) in [5.74, 6) is 0.429. The molecule has 3 rings (SSSR count). The summed E-state index contributed by atoms with van der Waals surface area (Å²) in [6.07, 6.45) is 2.29. The van der Waals surface area contributed by atoms with Crippen LogP contribution in [0.5, 0.6) is 0 Å². The molecule has 0 saturated carbocycles. The summed E-state index contributed by atoms with van der Waals surface area (Å²) in [6, 6.07) is 10.3. The molecule has 0 bridgehead atoms. The second-order valence-electron chi connectivity index (χ2n) is 5.95. The largest absolute Gasteiger partial charge is 0.342 e. The minimum atomic E-state index is -0.192. The highest BCUT2D eigenvalue weighted by Gasteiger charge is 2.25. The van der Waals surface area contributed by atoms with Crippen LogP contribution in [0.4, 0.5) is 0 Å². The molecule has 22 heavy (non-hydrogen) atoms. The number of hydrogen-bond donors (Lipinski definition) is 2. The Morgan fingerprint density at radius 1 is 1.27 bits per heavy atom. The van der Waals surface area contributed by atoms with Gasteiger partial charge in [-0.05, 0) is 25.3 Å². The number of aryl methyl sites for hydroxylation is 1. The SMILES string of the molecule is Cc1[nH][nH]c(=O)c1CC(=O)N1CCCC(c2ccccc2)C1. The van der Waals surface area contributed by atoms with E-state index in [0.29, 0.717) is 11.5 Å². The van der Waals surface area contributed by atoms with Gasteiger partial charge in [0.05, 0.1) is 6.42 Å². The molecule has 1 aromatic carbocycles. The van der Waals surface area contributed by atoms with Crippen molar-refractivity contribution in [2.45, 2.75) is 32.1 Å². The summed E-state index contributed by atoms with van der Waals surface area (Å²) in [5.41, 5.74) is 2.39. The summed E-state index contributed by atoms with van der Waals surface area (Å²) < 4.78 is 0. The molecule has 0 radical (unpaired) electrons. The van der Waals surface area contributed by atoms with E-state index in [1.807, 2.05) is 30.0 Å². The first-order valence-electron chi connectivity index (χ1n) is 7.74. The van der Waals surface area contributed by atoms with Crippen LogP contribution < -0.4 is 5.56 Å². The Morgan fingerprint density at radius 3 is 2.73 bits per heavy atom. The van der Waals surface area contributed by atoms with Crippen LogP contribution in [0.1, 0.15) is 35.6 Å². The molecule has 1 saturated heterocycles. The Labute approximate surface area is 129 Å². The molecule has 1 atom stereocenters. The number of carbonyl (C=O) groups excluding carboxylic acids is 1. The molecule has 1 aliphatic rings. The lowest BCUT2D eigenvalue weighted by Crippen LogP contribution is -2.40. The van der Waals surface area contributed by atoms with Crippen molar-refractivity contribution in [3.63, 3.8) is 0 Å². The number of nitrogens with one attached hydrogen (secondary N) is 2. The Balaban J connectivity index is 1.69. The molecule has 1 aromatic heterocycles. The molecule has 2 aromatic rings. The van der Waals surface area contributed by atoms with Crippen molar-refractivity contribution in [2.24, 2.45) is 0 Å². The van der Waals surface area contributed by atoms with Crippen molar-refractivity contribution >= 4 is 5.91 Å². The lowest BCUT2D eigenvalue weighted by Gasteiger charge is -2.33. The van der Waals surface area contributed by atoms with Crippen LogP contribution in [0.2, 0.25) is 0 Å². The Morgan fingerprint density at radius 2 is 2.05 bits per heavy atom. The highest BCUT2D eigenvalue weighted by molar-refractivity contribution is 5.79. The van der Waals surface area contributed by atoms with Gasteiger partial charge in [0.1, 0.15) is 0 Å². The van der Waals surface area contributed by atoms with E-state index in [-0.39, 0.29) is 17.9 Å². The van der Waals surface area contributed by atoms with Gasteiger partial charge in [-0.15, -0.1) is 0 Å². The summed E-state index contributed by atoms with van der Waals surface area (Å²) in [7, 11) is 0. The van der Waals surface area contributed by atoms with Crippen molar-refractivity contribution in [3.05, 3.63) is 57.5 Å². The van der Waals surface area contributed by atoms with E-state index in [1.165, 1.54) is 5.56 Å². The first-order chi connectivity index (χ1) is 10.6. The van der Waals surface area contributed by atoms with Gasteiger partial charge in [-0.2, -0.15) is 0 Å². The molecule has 1 aliphatic heterocycles. The predicted molar refractivity (Wildman–Crippen MR) is 84.9 cm³/mol. The molecule has 116 valence electrons. The van der Waals surface area contributed by atoms with E-state index < -0.39 is 0 Å². The number of aromatic amines is 2. The number of nitrogens with zero attached hydrogens (tertiary/aromatic N) is 1. The van der Waals surface area contributed by atoms with Crippen LogP contribution >= 0.6 is 0 Å². The summed E-state index contributed by atoms with van der Waals surface area (Å²) in [5, 5.41) is 5.30. The summed E-state index contributed by atoms with van der Waals surface area (Å²) >= 11 is 0. The van der Waals surface area contributed by atoms with Crippen LogP contribution in [0.15, 0.2) is 35.1 Å². The maximum atomic E-state index is 12.5. The Bertz CT molecular complexity index is 702. The van der Waals surface area contributed by atoms with Crippen molar-refractivity contribution in [2.75, 3.05) is 13.1 Å². The van der Waals surface area contributed by atoms with E-state index in [4.69, 9.17) is 0 Å². The zero-order valence-electron chi connectivity index (χ0n) is 12.8. The number of piperidine rings is 1. The number of H-pyrrole nitrogens is 2. The Kier molecular flexibility index (Phi) is 4.13. The summed E-state index contributed by atoms with van der Waals surface area (Å²) in [4.78, 5) is 26.1. The highest BCUT2D eigenvalue weighted by atomic mass is 16.2. The third-order valence-corrected chi connectivity index (χ3v) is 4.46. The van der Waals surface area contributed by atoms with Crippen molar-refractivity contribution < 1.29 is 4.79 Å². The van der Waals surface area contributed by atoms with Gasteiger partial charge in [0.2, 0.25) is 5.91 Å². The molecule has 2 N–H and O–H groups in total. The number of likely N-dealkylation sites (tertiary alicyclic amines) is 1. The maximum Gasteiger partial charge on any atom is 0.267 e. The second-order valence-corrected chi connectivity index (χ2v) is 5.95. The fourth-order valence-corrected chi connectivity index (χ4v) is 3.15. The third kappa shape index (κ3) is 2.98. The fraction of sp³-hybridized carbons (Fsp3) is 0.412. The molecule has 5 nitrogen and oxygen atoms in total. The topological polar surface area (TPSA) is 69.0 Å². The predicted octanol–water partition coefficient (Wildman–Crippen LogP) is 1.96. The highest BCUT2D eigenvalue weighted by Crippen LogP contribution is 2.26. The lowest BCUT2D eigenvalue weighted by atomic mass is 9.90. The third-order valence-electron chi connectivity index (χ3n) is 4.46. The molecular weight excluding hydrogens is 278 g/mol. The fourth-order valence-electron chi connectivity index (χ4n) is 3.15. The standard InChI is InChI=1S/C17H21N3O2/c1-12-15(17(22)19-18-12)10-16(21)20-9-5-8-14(11-20)13-6-3-2-4-7-13/h2-4,6-7,14H,5,8-11H2,1H3,(H2,18,19,22). The monoisotopic (exact) mass is 299 g/mol. The average molecular weight is 299 g/mol. The van der Waals surface area contributed by atoms with Gasteiger partial charge in [-0.25, -0.2) is 0 Å². The molecular formula is C17H21N3O2. The van der Waals surface area contributed by atoms with Crippen molar-refractivity contribution in [3.8, 4) is 0 Å². The van der Waals surface area contributed by atoms with Gasteiger partial charge in [0.15, 0.2) is 0 Å². The molecule has 5 heteroatoms. The van der Waals surface area contributed by atoms with Crippen molar-refractivity contribution in [1.82, 2.24) is 15.1 Å². The molecule has 0 spiro atoms. The smallest absolute Gasteiger partial charge is 0.267 e. The van der Waals surface area contributed by atoms with Crippen LogP contribution in [-0.2, 0) is 11.2 Å². The van der Waals surface area contributed by atoms with E-state index >= 15 is 0 Å². The zero-order chi connectivity index (χ0) is 15.5. The molecule has 1 amide bonds. The maximum absolute atomic E-state index is 12.5. The van der Waals surface area contributed by atoms with Crippen LogP contribution in [-0.4, -0.2) is 34.1 Å². The van der Waals surface area contributed by atoms with Gasteiger partial charge in [-0.1, -0.05) is 30.3 Å². The van der Waals surface area contributed by atoms with Crippen molar-refractivity contribution in [1.29, 1.82) is 0 Å². The van der Waals surface area contributed by atoms with Gasteiger partial charge >= 0.3 is 0 Å². The van der Waals surface area contributed by atoms with E-state index in [1.54, 1.807) is 0 Å². The van der Waals surface area contributed by atoms with Gasteiger partial charge in [0, 0.05) is 30.3 Å². The zero-order valence-corrected chi connectivity index (χ0v) is 12.8. The lowest BCUT2D eigenvalue weighted by molar-refractivity contribution is -0.131. The summed E-state index contributed by atoms with van der Waals surface area (Å²) in [6.45, 7) is 3.33. The molecule has 2 heterocycles. The number of benzene rings is 1. The minimum absolute atomic E-state index is 0.0360. The first-order valence-corrected chi connectivity index (χ1v) is 7.74. The first kappa shape index (κ1) is 14.6. The molecule has 0 aliphatic carbocycles. The minimum Gasteiger partial charge on any atom is -0.342 e. The Hall–Kier alpha value is -2.30. The van der Waals surface area contributed by atoms with Crippen LogP contribution in [0.25, 0.3) is 0 Å². The average Bonchev–Trinajstić information content (AvgIpc) is 2.88. The number of rotatable bonds is 3. The number of aromatic nitrogens is 2. The van der Waals surface area contributed by atoms with E-state index in [2.05, 4.69) is 22.3 Å². The van der Waals surface area contributed by atoms with Crippen LogP contribution in [0, 0.1) is 6.92 Å². The normalized spacial score (nSPS) is 18.4. The number of carbonyl (C=O) groups is 1. The van der Waals surface area contributed by atoms with Gasteiger partial charge in [-0.3, -0.25) is 14.7 Å².